The van der Waals surface area contributed by atoms with E-state index in [9.17, 15) is 0 Å². The molecule has 0 aromatic carbocycles. The van der Waals surface area contributed by atoms with Gasteiger partial charge in [-0.2, -0.15) is 0 Å². The van der Waals surface area contributed by atoms with Crippen LogP contribution in [0.1, 0.15) is 19.3 Å². The lowest BCUT2D eigenvalue weighted by atomic mass is 9.91. The average Bonchev–Trinajstić information content (AvgIpc) is 2.58. The number of halogens is 3. The predicted octanol–water partition coefficient (Wildman–Crippen LogP) is 4.24. The van der Waals surface area contributed by atoms with Gasteiger partial charge in [0.2, 0.25) is 0 Å². The normalized spacial score (nSPS) is 37.3. The van der Waals surface area contributed by atoms with Crippen LogP contribution in [0.3, 0.4) is 0 Å². The van der Waals surface area contributed by atoms with Crippen molar-refractivity contribution in [1.82, 2.24) is 0 Å². The first-order chi connectivity index (χ1) is 6.04. The van der Waals surface area contributed by atoms with Gasteiger partial charge in [0.15, 0.2) is 0 Å². The minimum absolute atomic E-state index is 0.798. The zero-order valence-corrected chi connectivity index (χ0v) is 10.6. The summed E-state index contributed by atoms with van der Waals surface area (Å²) >= 11 is 17.6. The fourth-order valence-corrected chi connectivity index (χ4v) is 4.26. The highest BCUT2D eigenvalue weighted by Gasteiger charge is 2.37. The summed E-state index contributed by atoms with van der Waals surface area (Å²) in [5.41, 5.74) is 0. The van der Waals surface area contributed by atoms with E-state index in [4.69, 9.17) is 33.2 Å². The Kier molecular flexibility index (Phi) is 3.00. The molecule has 0 aliphatic heterocycles. The van der Waals surface area contributed by atoms with Crippen molar-refractivity contribution < 1.29 is 0 Å². The van der Waals surface area contributed by atoms with Crippen molar-refractivity contribution in [3.63, 3.8) is 0 Å². The molecular weight excluding hydrogens is 243 g/mol. The fourth-order valence-electron chi connectivity index (χ4n) is 2.58. The van der Waals surface area contributed by atoms with Gasteiger partial charge >= 0.3 is 6.00 Å². The van der Waals surface area contributed by atoms with Gasteiger partial charge in [-0.1, -0.05) is 12.2 Å². The minimum Gasteiger partial charge on any atom is -0.126 e. The quantitative estimate of drug-likeness (QED) is 0.402. The van der Waals surface area contributed by atoms with Crippen LogP contribution in [0.15, 0.2) is 12.2 Å². The smallest absolute Gasteiger partial charge is 0.126 e. The van der Waals surface area contributed by atoms with E-state index in [1.165, 1.54) is 12.8 Å². The summed E-state index contributed by atoms with van der Waals surface area (Å²) in [6.45, 7) is 0. The highest BCUT2D eigenvalue weighted by molar-refractivity contribution is 7.64. The molecule has 3 atom stereocenters. The van der Waals surface area contributed by atoms with E-state index < -0.39 is 6.00 Å². The largest absolute Gasteiger partial charge is 0.341 e. The third-order valence-corrected chi connectivity index (χ3v) is 5.77. The van der Waals surface area contributed by atoms with Gasteiger partial charge < -0.3 is 0 Å². The Morgan fingerprint density at radius 3 is 2.38 bits per heavy atom. The van der Waals surface area contributed by atoms with E-state index in [-0.39, 0.29) is 0 Å². The highest BCUT2D eigenvalue weighted by atomic mass is 35.8. The summed E-state index contributed by atoms with van der Waals surface area (Å²) in [6, 6.07) is -1.53. The van der Waals surface area contributed by atoms with E-state index >= 15 is 0 Å². The second kappa shape index (κ2) is 3.77. The summed E-state index contributed by atoms with van der Waals surface area (Å²) in [7, 11) is 0. The van der Waals surface area contributed by atoms with Crippen LogP contribution in [-0.4, -0.2) is 6.00 Å². The standard InChI is InChI=1S/C9H13Cl3Si/c10-13(11,12)4-3-9-6-7-1-2-8(9)5-7/h1-2,7-9H,3-6H2/t7-,8+,9-/m1/s1. The van der Waals surface area contributed by atoms with Crippen LogP contribution in [0.25, 0.3) is 0 Å². The molecule has 0 heterocycles. The Labute approximate surface area is 94.4 Å². The van der Waals surface area contributed by atoms with Gasteiger partial charge in [0.1, 0.15) is 0 Å². The van der Waals surface area contributed by atoms with Crippen molar-refractivity contribution in [2.45, 2.75) is 25.3 Å². The third kappa shape index (κ3) is 2.65. The van der Waals surface area contributed by atoms with Gasteiger partial charge in [-0.25, -0.2) is 0 Å². The van der Waals surface area contributed by atoms with Gasteiger partial charge in [0, 0.05) is 0 Å². The van der Waals surface area contributed by atoms with E-state index in [2.05, 4.69) is 12.2 Å². The lowest BCUT2D eigenvalue weighted by Crippen LogP contribution is -2.14. The molecule has 0 N–H and O–H groups in total. The van der Waals surface area contributed by atoms with Crippen LogP contribution in [-0.2, 0) is 0 Å². The third-order valence-electron chi connectivity index (χ3n) is 3.21. The number of allylic oxidation sites excluding steroid dienone is 2. The maximum Gasteiger partial charge on any atom is 0.341 e. The monoisotopic (exact) mass is 254 g/mol. The van der Waals surface area contributed by atoms with Crippen LogP contribution in [0.5, 0.6) is 0 Å². The second-order valence-electron chi connectivity index (χ2n) is 4.19. The molecule has 0 nitrogen and oxygen atoms in total. The predicted molar refractivity (Wildman–Crippen MR) is 61.6 cm³/mol. The molecule has 0 saturated heterocycles. The molecule has 0 aromatic heterocycles. The Bertz CT molecular complexity index is 221. The van der Waals surface area contributed by atoms with E-state index in [0.29, 0.717) is 0 Å². The molecule has 13 heavy (non-hydrogen) atoms. The molecule has 0 unspecified atom stereocenters. The van der Waals surface area contributed by atoms with Crippen LogP contribution in [0, 0.1) is 17.8 Å². The fraction of sp³-hybridized carbons (Fsp3) is 0.778. The molecule has 0 aromatic rings. The van der Waals surface area contributed by atoms with Gasteiger partial charge in [0.05, 0.1) is 0 Å². The lowest BCUT2D eigenvalue weighted by Gasteiger charge is -2.19. The van der Waals surface area contributed by atoms with Gasteiger partial charge in [-0.3, -0.25) is 0 Å². The Morgan fingerprint density at radius 2 is 1.92 bits per heavy atom. The lowest BCUT2D eigenvalue weighted by molar-refractivity contribution is 0.433. The molecule has 2 rings (SSSR count). The topological polar surface area (TPSA) is 0 Å². The zero-order valence-electron chi connectivity index (χ0n) is 7.35. The van der Waals surface area contributed by atoms with Crippen LogP contribution < -0.4 is 0 Å². The van der Waals surface area contributed by atoms with Crippen LogP contribution in [0.4, 0.5) is 0 Å². The average molecular weight is 256 g/mol. The first-order valence-electron chi connectivity index (χ1n) is 4.80. The Balaban J connectivity index is 1.81. The Hall–Kier alpha value is 0.827. The summed E-state index contributed by atoms with van der Waals surface area (Å²) in [5.74, 6) is 2.44. The molecule has 4 heteroatoms. The molecular formula is C9H13Cl3Si. The van der Waals surface area contributed by atoms with Crippen molar-refractivity contribution in [2.75, 3.05) is 0 Å². The van der Waals surface area contributed by atoms with Gasteiger partial charge in [-0.05, 0) is 43.1 Å². The SMILES string of the molecule is Cl[Si](Cl)(Cl)CC[C@@H]1C[C@@H]2C=C[C@H]1C2. The Morgan fingerprint density at radius 1 is 1.15 bits per heavy atom. The molecule has 0 radical (unpaired) electrons. The van der Waals surface area contributed by atoms with Gasteiger partial charge in [-0.15, -0.1) is 33.2 Å². The highest BCUT2D eigenvalue weighted by Crippen LogP contribution is 2.46. The zero-order chi connectivity index (χ0) is 9.47. The number of fused-ring (bicyclic) bond motifs is 2. The molecule has 2 aliphatic rings. The van der Waals surface area contributed by atoms with E-state index in [1.54, 1.807) is 0 Å². The first-order valence-corrected chi connectivity index (χ1v) is 10.0. The van der Waals surface area contributed by atoms with E-state index in [1.807, 2.05) is 0 Å². The summed E-state index contributed by atoms with van der Waals surface area (Å²) in [5, 5.41) is 0. The summed E-state index contributed by atoms with van der Waals surface area (Å²) in [4.78, 5) is 0. The first kappa shape index (κ1) is 10.3. The molecule has 74 valence electrons. The van der Waals surface area contributed by atoms with Crippen molar-refractivity contribution >= 4 is 39.2 Å². The van der Waals surface area contributed by atoms with Crippen molar-refractivity contribution in [3.05, 3.63) is 12.2 Å². The van der Waals surface area contributed by atoms with Gasteiger partial charge in [0.25, 0.3) is 0 Å². The number of hydrogen-bond acceptors (Lipinski definition) is 0. The van der Waals surface area contributed by atoms with Crippen molar-refractivity contribution in [2.24, 2.45) is 17.8 Å². The molecule has 1 saturated carbocycles. The van der Waals surface area contributed by atoms with E-state index in [0.717, 1.165) is 30.2 Å². The van der Waals surface area contributed by atoms with Crippen molar-refractivity contribution in [3.8, 4) is 0 Å². The van der Waals surface area contributed by atoms with Crippen molar-refractivity contribution in [1.29, 1.82) is 0 Å². The molecule has 2 aliphatic carbocycles. The maximum absolute atomic E-state index is 5.87. The maximum atomic E-state index is 5.87. The molecule has 1 fully saturated rings. The van der Waals surface area contributed by atoms with Crippen LogP contribution >= 0.6 is 33.2 Å². The summed E-state index contributed by atoms with van der Waals surface area (Å²) in [6.07, 6.45) is 8.52. The number of hydrogen-bond donors (Lipinski definition) is 0. The summed E-state index contributed by atoms with van der Waals surface area (Å²) < 4.78 is 0. The van der Waals surface area contributed by atoms with Crippen LogP contribution in [0.2, 0.25) is 6.04 Å². The minimum atomic E-state index is -2.36. The molecule has 0 spiro atoms. The molecule has 0 amide bonds. The second-order valence-corrected chi connectivity index (χ2v) is 13.5. The molecule has 2 bridgehead atoms. The number of rotatable bonds is 3.